The van der Waals surface area contributed by atoms with Crippen molar-refractivity contribution in [1.82, 2.24) is 4.72 Å². The molecule has 1 aromatic carbocycles. The molecule has 21 heavy (non-hydrogen) atoms. The molecule has 0 aliphatic heterocycles. The summed E-state index contributed by atoms with van der Waals surface area (Å²) in [5.74, 6) is 0.449. The molecule has 0 bridgehead atoms. The van der Waals surface area contributed by atoms with Gasteiger partial charge < -0.3 is 5.32 Å². The molecular formula is C13H21N3O4S. The number of benzene rings is 1. The maximum Gasteiger partial charge on any atom is 0.291 e. The number of nitrogens with one attached hydrogen (secondary N) is 2. The molecule has 1 unspecified atom stereocenters. The predicted molar refractivity (Wildman–Crippen MR) is 81.8 cm³/mol. The van der Waals surface area contributed by atoms with E-state index in [0.29, 0.717) is 11.6 Å². The van der Waals surface area contributed by atoms with Crippen LogP contribution in [0.5, 0.6) is 0 Å². The van der Waals surface area contributed by atoms with Crippen LogP contribution in [0.15, 0.2) is 23.1 Å². The van der Waals surface area contributed by atoms with Crippen LogP contribution in [0.2, 0.25) is 0 Å². The molecule has 0 fully saturated rings. The van der Waals surface area contributed by atoms with E-state index in [1.54, 1.807) is 7.05 Å². The van der Waals surface area contributed by atoms with Gasteiger partial charge in [-0.1, -0.05) is 20.8 Å². The Morgan fingerprint density at radius 2 is 1.90 bits per heavy atom. The summed E-state index contributed by atoms with van der Waals surface area (Å²) in [6.45, 7) is 6.14. The predicted octanol–water partition coefficient (Wildman–Crippen LogP) is 2.21. The summed E-state index contributed by atoms with van der Waals surface area (Å²) in [5.41, 5.74) is 0.0442. The van der Waals surface area contributed by atoms with Crippen LogP contribution >= 0.6 is 0 Å². The molecule has 7 nitrogen and oxygen atoms in total. The third-order valence-electron chi connectivity index (χ3n) is 3.47. The number of anilines is 1. The monoisotopic (exact) mass is 315 g/mol. The molecule has 0 aliphatic rings. The molecule has 8 heteroatoms. The SMILES string of the molecule is CNc1ccc(S(=O)(=O)NCC(C)C(C)C)c([N+](=O)[O-])c1. The Balaban J connectivity index is 3.10. The zero-order valence-corrected chi connectivity index (χ0v) is 13.4. The third kappa shape index (κ3) is 4.40. The number of nitrogens with zero attached hydrogens (tertiary/aromatic N) is 1. The fourth-order valence-corrected chi connectivity index (χ4v) is 2.89. The van der Waals surface area contributed by atoms with Crippen molar-refractivity contribution in [3.8, 4) is 0 Å². The molecule has 1 rings (SSSR count). The van der Waals surface area contributed by atoms with Crippen molar-refractivity contribution in [2.24, 2.45) is 11.8 Å². The van der Waals surface area contributed by atoms with E-state index >= 15 is 0 Å². The maximum absolute atomic E-state index is 12.2. The van der Waals surface area contributed by atoms with Crippen LogP contribution in [-0.2, 0) is 10.0 Å². The molecule has 0 saturated carbocycles. The number of nitro benzene ring substituents is 1. The first kappa shape index (κ1) is 17.4. The minimum absolute atomic E-state index is 0.135. The topological polar surface area (TPSA) is 101 Å². The lowest BCUT2D eigenvalue weighted by Crippen LogP contribution is -2.30. The zero-order chi connectivity index (χ0) is 16.2. The van der Waals surface area contributed by atoms with Crippen molar-refractivity contribution < 1.29 is 13.3 Å². The Morgan fingerprint density at radius 1 is 1.29 bits per heavy atom. The van der Waals surface area contributed by atoms with Crippen LogP contribution in [0, 0.1) is 22.0 Å². The van der Waals surface area contributed by atoms with Gasteiger partial charge >= 0.3 is 0 Å². The number of nitro groups is 1. The second-order valence-corrected chi connectivity index (χ2v) is 7.00. The molecule has 0 spiro atoms. The molecule has 1 aromatic rings. The van der Waals surface area contributed by atoms with E-state index in [9.17, 15) is 18.5 Å². The highest BCUT2D eigenvalue weighted by Crippen LogP contribution is 2.27. The number of hydrogen-bond donors (Lipinski definition) is 2. The van der Waals surface area contributed by atoms with Crippen molar-refractivity contribution in [3.63, 3.8) is 0 Å². The van der Waals surface area contributed by atoms with E-state index < -0.39 is 20.6 Å². The Hall–Kier alpha value is -1.67. The summed E-state index contributed by atoms with van der Waals surface area (Å²) < 4.78 is 26.9. The molecule has 0 saturated heterocycles. The minimum atomic E-state index is -3.91. The van der Waals surface area contributed by atoms with E-state index in [-0.39, 0.29) is 17.4 Å². The largest absolute Gasteiger partial charge is 0.388 e. The number of rotatable bonds is 7. The maximum atomic E-state index is 12.2. The van der Waals surface area contributed by atoms with Gasteiger partial charge in [-0.25, -0.2) is 13.1 Å². The summed E-state index contributed by atoms with van der Waals surface area (Å²) in [6.07, 6.45) is 0. The lowest BCUT2D eigenvalue weighted by molar-refractivity contribution is -0.387. The number of hydrogen-bond acceptors (Lipinski definition) is 5. The van der Waals surface area contributed by atoms with Gasteiger partial charge in [0.1, 0.15) is 0 Å². The van der Waals surface area contributed by atoms with Crippen molar-refractivity contribution in [3.05, 3.63) is 28.3 Å². The van der Waals surface area contributed by atoms with Crippen molar-refractivity contribution in [2.75, 3.05) is 18.9 Å². The van der Waals surface area contributed by atoms with Crippen LogP contribution in [0.4, 0.5) is 11.4 Å². The van der Waals surface area contributed by atoms with Crippen molar-refractivity contribution in [2.45, 2.75) is 25.7 Å². The average molecular weight is 315 g/mol. The first-order valence-corrected chi connectivity index (χ1v) is 8.13. The fourth-order valence-electron chi connectivity index (χ4n) is 1.60. The smallest absolute Gasteiger partial charge is 0.291 e. The normalized spacial score (nSPS) is 13.2. The van der Waals surface area contributed by atoms with E-state index in [2.05, 4.69) is 10.0 Å². The quantitative estimate of drug-likeness (QED) is 0.593. The van der Waals surface area contributed by atoms with Gasteiger partial charge in [-0.15, -0.1) is 0 Å². The van der Waals surface area contributed by atoms with Crippen LogP contribution in [-0.4, -0.2) is 26.9 Å². The Kier molecular flexibility index (Phi) is 5.68. The fraction of sp³-hybridized carbons (Fsp3) is 0.538. The first-order valence-electron chi connectivity index (χ1n) is 6.65. The molecule has 0 amide bonds. The van der Waals surface area contributed by atoms with Crippen LogP contribution in [0.1, 0.15) is 20.8 Å². The third-order valence-corrected chi connectivity index (χ3v) is 4.94. The van der Waals surface area contributed by atoms with E-state index in [1.165, 1.54) is 18.2 Å². The molecule has 1 atom stereocenters. The van der Waals surface area contributed by atoms with Gasteiger partial charge in [0.25, 0.3) is 5.69 Å². The Morgan fingerprint density at radius 3 is 2.38 bits per heavy atom. The average Bonchev–Trinajstić information content (AvgIpc) is 2.43. The van der Waals surface area contributed by atoms with E-state index in [0.717, 1.165) is 0 Å². The van der Waals surface area contributed by atoms with Gasteiger partial charge in [-0.05, 0) is 24.0 Å². The van der Waals surface area contributed by atoms with Gasteiger partial charge in [0.2, 0.25) is 10.0 Å². The molecule has 0 heterocycles. The Labute approximate surface area is 124 Å². The van der Waals surface area contributed by atoms with Gasteiger partial charge in [0.05, 0.1) is 4.92 Å². The standard InChI is InChI=1S/C13H21N3O4S/c1-9(2)10(3)8-15-21(19,20)13-6-5-11(14-4)7-12(13)16(17)18/h5-7,9-10,14-15H,8H2,1-4H3. The summed E-state index contributed by atoms with van der Waals surface area (Å²) in [5, 5.41) is 13.8. The van der Waals surface area contributed by atoms with Crippen molar-refractivity contribution >= 4 is 21.4 Å². The summed E-state index contributed by atoms with van der Waals surface area (Å²) in [7, 11) is -2.30. The molecular weight excluding hydrogens is 294 g/mol. The summed E-state index contributed by atoms with van der Waals surface area (Å²) >= 11 is 0. The molecule has 0 radical (unpaired) electrons. The molecule has 0 aromatic heterocycles. The van der Waals surface area contributed by atoms with Crippen LogP contribution in [0.3, 0.4) is 0 Å². The molecule has 0 aliphatic carbocycles. The second-order valence-electron chi connectivity index (χ2n) is 5.26. The summed E-state index contributed by atoms with van der Waals surface area (Å²) in [4.78, 5) is 10.1. The van der Waals surface area contributed by atoms with E-state index in [4.69, 9.17) is 0 Å². The van der Waals surface area contributed by atoms with Crippen LogP contribution < -0.4 is 10.0 Å². The lowest BCUT2D eigenvalue weighted by atomic mass is 9.99. The first-order chi connectivity index (χ1) is 9.69. The minimum Gasteiger partial charge on any atom is -0.388 e. The van der Waals surface area contributed by atoms with Gasteiger partial charge in [-0.3, -0.25) is 10.1 Å². The lowest BCUT2D eigenvalue weighted by Gasteiger charge is -2.16. The number of sulfonamides is 1. The van der Waals surface area contributed by atoms with Crippen molar-refractivity contribution in [1.29, 1.82) is 0 Å². The summed E-state index contributed by atoms with van der Waals surface area (Å²) in [6, 6.07) is 3.94. The van der Waals surface area contributed by atoms with E-state index in [1.807, 2.05) is 20.8 Å². The second kappa shape index (κ2) is 6.86. The highest BCUT2D eigenvalue weighted by Gasteiger charge is 2.26. The highest BCUT2D eigenvalue weighted by molar-refractivity contribution is 7.89. The highest BCUT2D eigenvalue weighted by atomic mass is 32.2. The van der Waals surface area contributed by atoms with Crippen LogP contribution in [0.25, 0.3) is 0 Å². The molecule has 118 valence electrons. The zero-order valence-electron chi connectivity index (χ0n) is 12.6. The van der Waals surface area contributed by atoms with Gasteiger partial charge in [-0.2, -0.15) is 0 Å². The van der Waals surface area contributed by atoms with Gasteiger partial charge in [0.15, 0.2) is 4.90 Å². The Bertz CT molecular complexity index is 614. The van der Waals surface area contributed by atoms with Gasteiger partial charge in [0, 0.05) is 25.3 Å². The molecule has 2 N–H and O–H groups in total.